The molecule has 1 atom stereocenters. The Kier molecular flexibility index (Phi) is 8.78. The van der Waals surface area contributed by atoms with Crippen LogP contribution in [0.4, 0.5) is 0 Å². The second-order valence-electron chi connectivity index (χ2n) is 10.8. The lowest BCUT2D eigenvalue weighted by atomic mass is 9.76. The van der Waals surface area contributed by atoms with Gasteiger partial charge in [-0.2, -0.15) is 0 Å². The number of rotatable bonds is 6. The van der Waals surface area contributed by atoms with Crippen LogP contribution in [-0.2, 0) is 14.4 Å². The topological polar surface area (TPSA) is 73.4 Å². The number of likely N-dealkylation sites (tertiary alicyclic amines) is 2. The van der Waals surface area contributed by atoms with Crippen molar-refractivity contribution in [1.29, 1.82) is 0 Å². The smallest absolute Gasteiger partial charge is 0.225 e. The fourth-order valence-electron chi connectivity index (χ4n) is 5.69. The Morgan fingerprint density at radius 1 is 1.00 bits per heavy atom. The zero-order chi connectivity index (χ0) is 25.7. The molecule has 3 fully saturated rings. The molecule has 8 nitrogen and oxygen atoms in total. The molecule has 0 radical (unpaired) electrons. The van der Waals surface area contributed by atoms with E-state index >= 15 is 0 Å². The van der Waals surface area contributed by atoms with E-state index in [4.69, 9.17) is 16.3 Å². The zero-order valence-corrected chi connectivity index (χ0v) is 22.3. The number of benzene rings is 1. The normalized spacial score (nSPS) is 24.0. The Labute approximate surface area is 219 Å². The van der Waals surface area contributed by atoms with E-state index in [0.29, 0.717) is 62.8 Å². The number of ether oxygens (including phenoxy) is 1. The summed E-state index contributed by atoms with van der Waals surface area (Å²) in [6, 6.07) is 7.31. The van der Waals surface area contributed by atoms with Crippen molar-refractivity contribution < 1.29 is 19.1 Å². The van der Waals surface area contributed by atoms with Gasteiger partial charge in [-0.05, 0) is 50.9 Å². The van der Waals surface area contributed by atoms with Gasteiger partial charge in [-0.3, -0.25) is 14.4 Å². The molecule has 0 aliphatic carbocycles. The molecule has 9 heteroatoms. The summed E-state index contributed by atoms with van der Waals surface area (Å²) in [6.45, 7) is 7.64. The molecule has 0 saturated carbocycles. The number of likely N-dealkylation sites (N-methyl/N-ethyl adjacent to an activating group) is 1. The monoisotopic (exact) mass is 518 g/mol. The Morgan fingerprint density at radius 3 is 2.39 bits per heavy atom. The Balaban J connectivity index is 1.46. The molecule has 3 amide bonds. The number of hydrogen-bond donors (Lipinski definition) is 0. The van der Waals surface area contributed by atoms with E-state index in [2.05, 4.69) is 11.9 Å². The highest BCUT2D eigenvalue weighted by Gasteiger charge is 2.42. The maximum absolute atomic E-state index is 13.5. The van der Waals surface area contributed by atoms with Crippen molar-refractivity contribution in [1.82, 2.24) is 19.6 Å². The molecule has 0 spiro atoms. The maximum Gasteiger partial charge on any atom is 0.225 e. The summed E-state index contributed by atoms with van der Waals surface area (Å²) < 4.78 is 6.20. The average Bonchev–Trinajstić information content (AvgIpc) is 2.88. The highest BCUT2D eigenvalue weighted by atomic mass is 35.5. The van der Waals surface area contributed by atoms with Crippen LogP contribution in [0.5, 0.6) is 5.75 Å². The molecular weight excluding hydrogens is 480 g/mol. The van der Waals surface area contributed by atoms with Crippen LogP contribution in [0.2, 0.25) is 5.02 Å². The number of carbonyl (C=O) groups is 3. The van der Waals surface area contributed by atoms with Crippen LogP contribution in [0.1, 0.15) is 39.0 Å². The molecule has 0 unspecified atom stereocenters. The number of piperidine rings is 2. The van der Waals surface area contributed by atoms with E-state index in [1.807, 2.05) is 26.8 Å². The van der Waals surface area contributed by atoms with Gasteiger partial charge in [0.15, 0.2) is 0 Å². The summed E-state index contributed by atoms with van der Waals surface area (Å²) in [4.78, 5) is 46.6. The summed E-state index contributed by atoms with van der Waals surface area (Å²) in [7, 11) is 2.08. The molecule has 36 heavy (non-hydrogen) atoms. The van der Waals surface area contributed by atoms with Crippen molar-refractivity contribution in [3.05, 3.63) is 29.3 Å². The molecule has 3 aliphatic rings. The fourth-order valence-corrected chi connectivity index (χ4v) is 5.87. The minimum Gasteiger partial charge on any atom is -0.493 e. The van der Waals surface area contributed by atoms with Gasteiger partial charge >= 0.3 is 0 Å². The van der Waals surface area contributed by atoms with Gasteiger partial charge < -0.3 is 24.3 Å². The average molecular weight is 519 g/mol. The molecule has 0 aromatic heterocycles. The second-order valence-corrected chi connectivity index (χ2v) is 11.2. The van der Waals surface area contributed by atoms with E-state index in [1.54, 1.807) is 19.1 Å². The highest BCUT2D eigenvalue weighted by molar-refractivity contribution is 6.30. The molecular formula is C27H39ClN4O4. The second kappa shape index (κ2) is 11.8. The summed E-state index contributed by atoms with van der Waals surface area (Å²) in [5, 5.41) is 0.604. The van der Waals surface area contributed by atoms with Gasteiger partial charge in [-0.1, -0.05) is 17.7 Å². The SMILES string of the molecule is CC(=O)N1CCC(C(=O)N2CCC[C@](COc3cccc(Cl)c3)(CC(=O)N3CCN(C)CC3)C2)CC1. The van der Waals surface area contributed by atoms with Crippen LogP contribution in [0.25, 0.3) is 0 Å². The molecule has 3 aliphatic heterocycles. The summed E-state index contributed by atoms with van der Waals surface area (Å²) in [6.07, 6.45) is 3.43. The Morgan fingerprint density at radius 2 is 1.72 bits per heavy atom. The van der Waals surface area contributed by atoms with Crippen LogP contribution in [-0.4, -0.2) is 103 Å². The van der Waals surface area contributed by atoms with Crippen LogP contribution in [0.15, 0.2) is 24.3 Å². The lowest BCUT2D eigenvalue weighted by molar-refractivity contribution is -0.146. The summed E-state index contributed by atoms with van der Waals surface area (Å²) in [5.74, 6) is 0.963. The fraction of sp³-hybridized carbons (Fsp3) is 0.667. The minimum atomic E-state index is -0.448. The number of piperazine rings is 1. The number of carbonyl (C=O) groups excluding carboxylic acids is 3. The van der Waals surface area contributed by atoms with Crippen LogP contribution >= 0.6 is 11.6 Å². The quantitative estimate of drug-likeness (QED) is 0.579. The predicted octanol–water partition coefficient (Wildman–Crippen LogP) is 2.75. The summed E-state index contributed by atoms with van der Waals surface area (Å²) in [5.41, 5.74) is -0.448. The number of amides is 3. The standard InChI is InChI=1S/C27H39ClN4O4/c1-21(33)30-11-7-22(8-12-30)26(35)32-10-4-9-27(19-32,20-36-24-6-3-5-23(28)17-24)18-25(34)31-15-13-29(2)14-16-31/h3,5-6,17,22H,4,7-16,18-20H2,1-2H3/t27-/m0/s1. The van der Waals surface area contributed by atoms with Crippen LogP contribution in [0, 0.1) is 11.3 Å². The minimum absolute atomic E-state index is 0.0680. The van der Waals surface area contributed by atoms with Gasteiger partial charge in [0, 0.05) is 82.1 Å². The van der Waals surface area contributed by atoms with Crippen molar-refractivity contribution in [2.45, 2.75) is 39.0 Å². The molecule has 1 aromatic rings. The van der Waals surface area contributed by atoms with Gasteiger partial charge in [-0.25, -0.2) is 0 Å². The number of nitrogens with zero attached hydrogens (tertiary/aromatic N) is 4. The molecule has 198 valence electrons. The van der Waals surface area contributed by atoms with E-state index in [-0.39, 0.29) is 23.6 Å². The predicted molar refractivity (Wildman–Crippen MR) is 139 cm³/mol. The van der Waals surface area contributed by atoms with E-state index < -0.39 is 5.41 Å². The Bertz CT molecular complexity index is 943. The van der Waals surface area contributed by atoms with Gasteiger partial charge in [0.1, 0.15) is 5.75 Å². The van der Waals surface area contributed by atoms with E-state index in [1.165, 1.54) is 0 Å². The van der Waals surface area contributed by atoms with Gasteiger partial charge in [0.05, 0.1) is 6.61 Å². The van der Waals surface area contributed by atoms with Crippen LogP contribution < -0.4 is 4.74 Å². The van der Waals surface area contributed by atoms with Gasteiger partial charge in [0.2, 0.25) is 17.7 Å². The molecule has 3 heterocycles. The third-order valence-corrected chi connectivity index (χ3v) is 8.22. The highest BCUT2D eigenvalue weighted by Crippen LogP contribution is 2.37. The third kappa shape index (κ3) is 6.71. The lowest BCUT2D eigenvalue weighted by Crippen LogP contribution is -2.54. The van der Waals surface area contributed by atoms with Crippen LogP contribution in [0.3, 0.4) is 0 Å². The lowest BCUT2D eigenvalue weighted by Gasteiger charge is -2.45. The van der Waals surface area contributed by atoms with Gasteiger partial charge in [0.25, 0.3) is 0 Å². The van der Waals surface area contributed by atoms with Gasteiger partial charge in [-0.15, -0.1) is 0 Å². The number of hydrogen-bond acceptors (Lipinski definition) is 5. The van der Waals surface area contributed by atoms with Crippen molar-refractivity contribution in [3.63, 3.8) is 0 Å². The largest absolute Gasteiger partial charge is 0.493 e. The molecule has 0 N–H and O–H groups in total. The number of halogens is 1. The first kappa shape index (κ1) is 26.7. The maximum atomic E-state index is 13.5. The van der Waals surface area contributed by atoms with Crippen molar-refractivity contribution >= 4 is 29.3 Å². The van der Waals surface area contributed by atoms with E-state index in [9.17, 15) is 14.4 Å². The first-order chi connectivity index (χ1) is 17.2. The Hall–Kier alpha value is -2.32. The van der Waals surface area contributed by atoms with Crippen molar-refractivity contribution in [2.75, 3.05) is 66.0 Å². The third-order valence-electron chi connectivity index (χ3n) is 7.99. The first-order valence-corrected chi connectivity index (χ1v) is 13.5. The zero-order valence-electron chi connectivity index (χ0n) is 21.6. The summed E-state index contributed by atoms with van der Waals surface area (Å²) >= 11 is 6.16. The molecule has 0 bridgehead atoms. The molecule has 4 rings (SSSR count). The first-order valence-electron chi connectivity index (χ1n) is 13.1. The van der Waals surface area contributed by atoms with Crippen molar-refractivity contribution in [3.8, 4) is 5.75 Å². The van der Waals surface area contributed by atoms with Crippen molar-refractivity contribution in [2.24, 2.45) is 11.3 Å². The molecule has 3 saturated heterocycles. The molecule has 1 aromatic carbocycles. The van der Waals surface area contributed by atoms with E-state index in [0.717, 1.165) is 39.0 Å².